The van der Waals surface area contributed by atoms with Crippen molar-refractivity contribution < 1.29 is 8.83 Å². The summed E-state index contributed by atoms with van der Waals surface area (Å²) < 4.78 is 13.5. The molecule has 0 N–H and O–H groups in total. The first-order valence-corrected chi connectivity index (χ1v) is 19.8. The maximum Gasteiger partial charge on any atom is 0.161 e. The third-order valence-corrected chi connectivity index (χ3v) is 11.4. The fraction of sp³-hybridized carbons (Fsp3) is 0. The molecule has 12 rings (SSSR count). The van der Waals surface area contributed by atoms with E-state index in [1.807, 2.05) is 48.5 Å². The first kappa shape index (κ1) is 33.2. The van der Waals surface area contributed by atoms with Gasteiger partial charge in [-0.25, -0.2) is 9.97 Å². The topological polar surface area (TPSA) is 55.3 Å². The molecule has 0 unspecified atom stereocenters. The van der Waals surface area contributed by atoms with Crippen molar-refractivity contribution in [2.45, 2.75) is 0 Å². The number of hydrogen-bond acceptors (Lipinski definition) is 5. The Morgan fingerprint density at radius 2 is 1.03 bits per heavy atom. The van der Waals surface area contributed by atoms with E-state index in [-0.39, 0.29) is 0 Å². The minimum Gasteiger partial charge on any atom is -0.456 e. The molecule has 3 aromatic heterocycles. The predicted octanol–water partition coefficient (Wildman–Crippen LogP) is 15.1. The van der Waals surface area contributed by atoms with Crippen LogP contribution in [0.1, 0.15) is 0 Å². The molecule has 5 nitrogen and oxygen atoms in total. The van der Waals surface area contributed by atoms with Gasteiger partial charge in [-0.1, -0.05) is 152 Å². The molecule has 59 heavy (non-hydrogen) atoms. The van der Waals surface area contributed by atoms with Gasteiger partial charge in [0.1, 0.15) is 16.7 Å². The number of anilines is 3. The van der Waals surface area contributed by atoms with Crippen LogP contribution in [0.2, 0.25) is 0 Å². The summed E-state index contributed by atoms with van der Waals surface area (Å²) in [6.45, 7) is 0. The predicted molar refractivity (Wildman–Crippen MR) is 243 cm³/mol. The van der Waals surface area contributed by atoms with Gasteiger partial charge in [0, 0.05) is 55.4 Å². The van der Waals surface area contributed by atoms with Crippen LogP contribution < -0.4 is 4.90 Å². The molecule has 5 heteroatoms. The molecule has 0 atom stereocenters. The number of furan rings is 2. The fourth-order valence-electron chi connectivity index (χ4n) is 8.75. The average molecular weight is 756 g/mol. The number of nitrogens with zero attached hydrogens (tertiary/aromatic N) is 3. The van der Waals surface area contributed by atoms with E-state index in [0.717, 1.165) is 105 Å². The zero-order valence-corrected chi connectivity index (χ0v) is 31.7. The third-order valence-electron chi connectivity index (χ3n) is 11.4. The highest BCUT2D eigenvalue weighted by atomic mass is 16.3. The quantitative estimate of drug-likeness (QED) is 0.169. The third kappa shape index (κ3) is 5.40. The number of aromatic nitrogens is 2. The molecule has 0 radical (unpaired) electrons. The van der Waals surface area contributed by atoms with E-state index in [2.05, 4.69) is 157 Å². The van der Waals surface area contributed by atoms with Gasteiger partial charge < -0.3 is 13.7 Å². The monoisotopic (exact) mass is 755 g/mol. The summed E-state index contributed by atoms with van der Waals surface area (Å²) in [5.74, 6) is 0.637. The van der Waals surface area contributed by atoms with E-state index in [1.54, 1.807) is 0 Å². The summed E-state index contributed by atoms with van der Waals surface area (Å²) in [5.41, 5.74) is 10.8. The molecule has 276 valence electrons. The summed E-state index contributed by atoms with van der Waals surface area (Å²) in [6.07, 6.45) is 0. The second-order valence-electron chi connectivity index (χ2n) is 14.9. The van der Waals surface area contributed by atoms with E-state index in [9.17, 15) is 0 Å². The Kier molecular flexibility index (Phi) is 7.47. The molecule has 0 amide bonds. The van der Waals surface area contributed by atoms with Gasteiger partial charge in [0.05, 0.1) is 22.8 Å². The van der Waals surface area contributed by atoms with Crippen LogP contribution in [-0.4, -0.2) is 9.97 Å². The number of fused-ring (bicyclic) bond motifs is 9. The molecule has 3 heterocycles. The lowest BCUT2D eigenvalue weighted by Crippen LogP contribution is -2.10. The molecule has 0 aliphatic carbocycles. The van der Waals surface area contributed by atoms with Crippen LogP contribution in [0.3, 0.4) is 0 Å². The highest BCUT2D eigenvalue weighted by Gasteiger charge is 2.25. The van der Waals surface area contributed by atoms with Gasteiger partial charge in [0.15, 0.2) is 11.4 Å². The van der Waals surface area contributed by atoms with Crippen molar-refractivity contribution in [2.75, 3.05) is 4.90 Å². The molecule has 12 aromatic rings. The molecular weight excluding hydrogens is 723 g/mol. The lowest BCUT2D eigenvalue weighted by molar-refractivity contribution is 0.667. The lowest BCUT2D eigenvalue weighted by atomic mass is 9.98. The van der Waals surface area contributed by atoms with Gasteiger partial charge >= 0.3 is 0 Å². The van der Waals surface area contributed by atoms with E-state index >= 15 is 0 Å². The lowest BCUT2D eigenvalue weighted by Gasteiger charge is -2.27. The Hall–Kier alpha value is -8.02. The Balaban J connectivity index is 1.12. The van der Waals surface area contributed by atoms with Gasteiger partial charge in [-0.2, -0.15) is 0 Å². The summed E-state index contributed by atoms with van der Waals surface area (Å²) in [7, 11) is 0. The van der Waals surface area contributed by atoms with Gasteiger partial charge in [-0.15, -0.1) is 0 Å². The van der Waals surface area contributed by atoms with Crippen LogP contribution in [0.15, 0.2) is 209 Å². The summed E-state index contributed by atoms with van der Waals surface area (Å²) in [4.78, 5) is 12.9. The molecule has 0 fully saturated rings. The number of para-hydroxylation sites is 3. The van der Waals surface area contributed by atoms with Crippen molar-refractivity contribution in [1.82, 2.24) is 9.97 Å². The highest BCUT2D eigenvalue weighted by molar-refractivity contribution is 6.25. The van der Waals surface area contributed by atoms with Crippen molar-refractivity contribution in [1.29, 1.82) is 0 Å². The van der Waals surface area contributed by atoms with Crippen LogP contribution in [0.4, 0.5) is 17.1 Å². The van der Waals surface area contributed by atoms with Crippen molar-refractivity contribution in [2.24, 2.45) is 0 Å². The second-order valence-corrected chi connectivity index (χ2v) is 14.9. The van der Waals surface area contributed by atoms with Crippen LogP contribution in [0.25, 0.3) is 99.3 Å². The SMILES string of the molecule is c1ccc(-c2cc(-c3ccc4ccccc4c3)nc(-c3cccc4oc5cc(N(c6ccccc6)c6cccc7c6oc6ccccc67)c6ccccc6c5c34)n2)cc1. The maximum atomic E-state index is 6.89. The van der Waals surface area contributed by atoms with E-state index in [0.29, 0.717) is 5.82 Å². The molecule has 0 bridgehead atoms. The summed E-state index contributed by atoms with van der Waals surface area (Å²) in [5, 5.41) is 8.65. The molecule has 9 aromatic carbocycles. The van der Waals surface area contributed by atoms with Gasteiger partial charge in [0.25, 0.3) is 0 Å². The average Bonchev–Trinajstić information content (AvgIpc) is 3.89. The standard InChI is InChI=1S/C54H33N3O2/c1-3-16-35(17-4-1)44-32-45(37-30-29-34-15-7-8-18-36(34)31-37)56-54(55-44)43-25-14-28-49-52(43)51-41-23-10-9-21-39(41)47(33-50(51)58-49)57(38-19-5-2-6-20-38)46-26-13-24-42-40-22-11-12-27-48(40)59-53(42)46/h1-33H. The van der Waals surface area contributed by atoms with E-state index in [4.69, 9.17) is 18.8 Å². The maximum absolute atomic E-state index is 6.89. The van der Waals surface area contributed by atoms with E-state index in [1.165, 1.54) is 5.39 Å². The summed E-state index contributed by atoms with van der Waals surface area (Å²) in [6, 6.07) is 69.4. The first-order chi connectivity index (χ1) is 29.2. The Morgan fingerprint density at radius 3 is 1.88 bits per heavy atom. The van der Waals surface area contributed by atoms with Crippen molar-refractivity contribution in [3.05, 3.63) is 200 Å². The largest absolute Gasteiger partial charge is 0.456 e. The first-order valence-electron chi connectivity index (χ1n) is 19.8. The van der Waals surface area contributed by atoms with E-state index < -0.39 is 0 Å². The van der Waals surface area contributed by atoms with Crippen LogP contribution in [0, 0.1) is 0 Å². The number of hydrogen-bond donors (Lipinski definition) is 0. The molecule has 0 aliphatic rings. The molecule has 0 aliphatic heterocycles. The Labute approximate surface area is 339 Å². The molecule has 0 spiro atoms. The zero-order valence-electron chi connectivity index (χ0n) is 31.7. The summed E-state index contributed by atoms with van der Waals surface area (Å²) >= 11 is 0. The zero-order chi connectivity index (χ0) is 38.9. The van der Waals surface area contributed by atoms with Crippen molar-refractivity contribution >= 4 is 82.5 Å². The smallest absolute Gasteiger partial charge is 0.161 e. The van der Waals surface area contributed by atoms with Gasteiger partial charge in [-0.3, -0.25) is 0 Å². The van der Waals surface area contributed by atoms with Crippen molar-refractivity contribution in [3.63, 3.8) is 0 Å². The molecular formula is C54H33N3O2. The second kappa shape index (κ2) is 13.3. The molecule has 0 saturated carbocycles. The van der Waals surface area contributed by atoms with Gasteiger partial charge in [-0.05, 0) is 58.6 Å². The Bertz CT molecular complexity index is 3570. The Morgan fingerprint density at radius 1 is 0.373 bits per heavy atom. The minimum atomic E-state index is 0.637. The van der Waals surface area contributed by atoms with Crippen molar-refractivity contribution in [3.8, 4) is 33.9 Å². The molecule has 0 saturated heterocycles. The fourth-order valence-corrected chi connectivity index (χ4v) is 8.75. The number of rotatable bonds is 6. The van der Waals surface area contributed by atoms with Gasteiger partial charge in [0.2, 0.25) is 0 Å². The normalized spacial score (nSPS) is 11.7. The highest BCUT2D eigenvalue weighted by Crippen LogP contribution is 2.48. The van der Waals surface area contributed by atoms with Crippen LogP contribution in [-0.2, 0) is 0 Å². The minimum absolute atomic E-state index is 0.637. The van der Waals surface area contributed by atoms with Crippen LogP contribution in [0.5, 0.6) is 0 Å². The van der Waals surface area contributed by atoms with Crippen LogP contribution >= 0.6 is 0 Å². The number of benzene rings is 9.